The molecular formula is C7H4F3O2S. The van der Waals surface area contributed by atoms with E-state index in [1.807, 2.05) is 0 Å². The van der Waals surface area contributed by atoms with Crippen molar-refractivity contribution in [1.82, 2.24) is 0 Å². The summed E-state index contributed by atoms with van der Waals surface area (Å²) >= 11 is 0. The first kappa shape index (κ1) is 10.0. The van der Waals surface area contributed by atoms with Gasteiger partial charge in [0.05, 0.1) is 6.26 Å². The lowest BCUT2D eigenvalue weighted by Gasteiger charge is -2.00. The average Bonchev–Trinajstić information content (AvgIpc) is 1.98. The van der Waals surface area contributed by atoms with E-state index < -0.39 is 32.2 Å². The molecule has 0 aliphatic heterocycles. The maximum atomic E-state index is 12.7. The van der Waals surface area contributed by atoms with Gasteiger partial charge in [0.1, 0.15) is 4.90 Å². The largest absolute Gasteiger partial charge is 0.224 e. The van der Waals surface area contributed by atoms with E-state index in [1.54, 1.807) is 0 Å². The minimum absolute atomic E-state index is 0.524. The lowest BCUT2D eigenvalue weighted by molar-refractivity contribution is 0.432. The number of hydrogen-bond acceptors (Lipinski definition) is 2. The van der Waals surface area contributed by atoms with E-state index in [-0.39, 0.29) is 0 Å². The van der Waals surface area contributed by atoms with E-state index in [2.05, 4.69) is 6.26 Å². The second-order valence-electron chi connectivity index (χ2n) is 2.29. The van der Waals surface area contributed by atoms with E-state index >= 15 is 0 Å². The molecule has 0 aromatic heterocycles. The third-order valence-corrected chi connectivity index (χ3v) is 2.32. The van der Waals surface area contributed by atoms with Crippen LogP contribution in [0.2, 0.25) is 0 Å². The molecule has 6 heteroatoms. The topological polar surface area (TPSA) is 34.1 Å². The Morgan fingerprint density at radius 3 is 2.08 bits per heavy atom. The van der Waals surface area contributed by atoms with Crippen molar-refractivity contribution in [3.63, 3.8) is 0 Å². The smallest absolute Gasteiger partial charge is 0.195 e. The van der Waals surface area contributed by atoms with Gasteiger partial charge in [-0.2, -0.15) is 0 Å². The minimum Gasteiger partial charge on any atom is -0.224 e. The van der Waals surface area contributed by atoms with Crippen LogP contribution in [0.25, 0.3) is 0 Å². The van der Waals surface area contributed by atoms with Crippen LogP contribution < -0.4 is 0 Å². The van der Waals surface area contributed by atoms with Gasteiger partial charge in [0.2, 0.25) is 0 Å². The van der Waals surface area contributed by atoms with Gasteiger partial charge >= 0.3 is 0 Å². The summed E-state index contributed by atoms with van der Waals surface area (Å²) in [6.45, 7) is 0. The average molecular weight is 209 g/mol. The van der Waals surface area contributed by atoms with Gasteiger partial charge in [-0.15, -0.1) is 0 Å². The van der Waals surface area contributed by atoms with Crippen LogP contribution in [-0.2, 0) is 9.84 Å². The molecule has 1 rings (SSSR count). The molecule has 1 aromatic rings. The van der Waals surface area contributed by atoms with Gasteiger partial charge in [-0.05, 0) is 12.1 Å². The van der Waals surface area contributed by atoms with Crippen molar-refractivity contribution in [3.05, 3.63) is 35.8 Å². The number of rotatable bonds is 1. The molecule has 0 N–H and O–H groups in total. The first-order valence-corrected chi connectivity index (χ1v) is 4.71. The minimum atomic E-state index is -4.10. The predicted octanol–water partition coefficient (Wildman–Crippen LogP) is 1.67. The summed E-state index contributed by atoms with van der Waals surface area (Å²) in [6, 6.07) is 1.15. The highest BCUT2D eigenvalue weighted by molar-refractivity contribution is 7.92. The van der Waals surface area contributed by atoms with Crippen molar-refractivity contribution < 1.29 is 21.6 Å². The van der Waals surface area contributed by atoms with Crippen molar-refractivity contribution in [2.45, 2.75) is 4.90 Å². The second kappa shape index (κ2) is 3.02. The van der Waals surface area contributed by atoms with E-state index in [0.29, 0.717) is 12.1 Å². The molecule has 0 saturated heterocycles. The summed E-state index contributed by atoms with van der Waals surface area (Å²) in [6.07, 6.45) is 2.62. The normalized spacial score (nSPS) is 11.7. The maximum Gasteiger partial charge on any atom is 0.195 e. The molecule has 0 heterocycles. The first-order valence-electron chi connectivity index (χ1n) is 3.05. The highest BCUT2D eigenvalue weighted by Gasteiger charge is 2.19. The monoisotopic (exact) mass is 209 g/mol. The van der Waals surface area contributed by atoms with Crippen molar-refractivity contribution in [2.75, 3.05) is 0 Å². The Bertz CT molecular complexity index is 439. The Labute approximate surface area is 72.9 Å². The van der Waals surface area contributed by atoms with Gasteiger partial charge in [-0.3, -0.25) is 0 Å². The molecule has 0 aliphatic carbocycles. The molecule has 0 atom stereocenters. The van der Waals surface area contributed by atoms with E-state index in [1.165, 1.54) is 0 Å². The number of sulfone groups is 1. The van der Waals surface area contributed by atoms with Gasteiger partial charge < -0.3 is 0 Å². The highest BCUT2D eigenvalue weighted by atomic mass is 32.2. The molecule has 0 fully saturated rings. The molecule has 0 aliphatic rings. The zero-order valence-electron chi connectivity index (χ0n) is 6.22. The van der Waals surface area contributed by atoms with Crippen LogP contribution in [0.15, 0.2) is 17.0 Å². The first-order chi connectivity index (χ1) is 5.84. The zero-order valence-corrected chi connectivity index (χ0v) is 7.04. The zero-order chi connectivity index (χ0) is 10.2. The quantitative estimate of drug-likeness (QED) is 0.520. The van der Waals surface area contributed by atoms with Crippen molar-refractivity contribution in [2.24, 2.45) is 0 Å². The van der Waals surface area contributed by atoms with Gasteiger partial charge in [0, 0.05) is 0 Å². The fourth-order valence-electron chi connectivity index (χ4n) is 0.748. The molecule has 2 nitrogen and oxygen atoms in total. The predicted molar refractivity (Wildman–Crippen MR) is 38.9 cm³/mol. The van der Waals surface area contributed by atoms with Crippen LogP contribution in [0.5, 0.6) is 0 Å². The number of halogens is 3. The highest BCUT2D eigenvalue weighted by Crippen LogP contribution is 2.19. The molecule has 0 saturated carbocycles. The molecule has 1 aromatic carbocycles. The van der Waals surface area contributed by atoms with Gasteiger partial charge in [-0.1, -0.05) is 0 Å². The van der Waals surface area contributed by atoms with Crippen LogP contribution in [0.4, 0.5) is 13.2 Å². The number of benzene rings is 1. The molecule has 13 heavy (non-hydrogen) atoms. The number of hydrogen-bond donors (Lipinski definition) is 0. The molecular weight excluding hydrogens is 205 g/mol. The van der Waals surface area contributed by atoms with Crippen LogP contribution in [-0.4, -0.2) is 8.42 Å². The third-order valence-electron chi connectivity index (χ3n) is 1.33. The lowest BCUT2D eigenvalue weighted by atomic mass is 10.3. The van der Waals surface area contributed by atoms with E-state index in [4.69, 9.17) is 0 Å². The summed E-state index contributed by atoms with van der Waals surface area (Å²) in [5.74, 6) is -5.00. The van der Waals surface area contributed by atoms with E-state index in [9.17, 15) is 21.6 Å². The van der Waals surface area contributed by atoms with Crippen LogP contribution in [0, 0.1) is 23.7 Å². The fraction of sp³-hybridized carbons (Fsp3) is 0. The summed E-state index contributed by atoms with van der Waals surface area (Å²) in [7, 11) is -4.10. The van der Waals surface area contributed by atoms with Gasteiger partial charge in [-0.25, -0.2) is 21.6 Å². The van der Waals surface area contributed by atoms with Crippen LogP contribution >= 0.6 is 0 Å². The molecule has 0 bridgehead atoms. The molecule has 71 valence electrons. The Hall–Kier alpha value is -1.04. The van der Waals surface area contributed by atoms with Gasteiger partial charge in [0.25, 0.3) is 0 Å². The van der Waals surface area contributed by atoms with Crippen molar-refractivity contribution in [3.8, 4) is 0 Å². The summed E-state index contributed by atoms with van der Waals surface area (Å²) < 4.78 is 58.9. The van der Waals surface area contributed by atoms with Crippen LogP contribution in [0.3, 0.4) is 0 Å². The van der Waals surface area contributed by atoms with Crippen LogP contribution in [0.1, 0.15) is 0 Å². The molecule has 1 radical (unpaired) electrons. The molecule has 0 amide bonds. The summed E-state index contributed by atoms with van der Waals surface area (Å²) in [5.41, 5.74) is 0. The van der Waals surface area contributed by atoms with Crippen molar-refractivity contribution in [1.29, 1.82) is 0 Å². The Kier molecular flexibility index (Phi) is 2.34. The standard InChI is InChI=1S/C7H4F3O2S/c1-13(11,12)5-3-2-4(8)6(9)7(5)10/h2-3H,1H2. The van der Waals surface area contributed by atoms with Crippen molar-refractivity contribution >= 4 is 9.84 Å². The maximum absolute atomic E-state index is 12.7. The fourth-order valence-corrected chi connectivity index (χ4v) is 1.39. The van der Waals surface area contributed by atoms with E-state index in [0.717, 1.165) is 0 Å². The Morgan fingerprint density at radius 1 is 1.08 bits per heavy atom. The van der Waals surface area contributed by atoms with Gasteiger partial charge in [0.15, 0.2) is 27.3 Å². The second-order valence-corrected chi connectivity index (χ2v) is 3.96. The molecule has 0 unspecified atom stereocenters. The Balaban J connectivity index is 3.53. The lowest BCUT2D eigenvalue weighted by Crippen LogP contribution is -2.02. The molecule has 0 spiro atoms. The summed E-state index contributed by atoms with van der Waals surface area (Å²) in [4.78, 5) is -0.952. The summed E-state index contributed by atoms with van der Waals surface area (Å²) in [5, 5.41) is 0. The SMILES string of the molecule is [CH2]S(=O)(=O)c1ccc(F)c(F)c1F. The Morgan fingerprint density at radius 2 is 1.62 bits per heavy atom. The third kappa shape index (κ3) is 1.82.